The second kappa shape index (κ2) is 8.82. The molecule has 1 heterocycles. The molecule has 1 aromatic heterocycles. The number of benzene rings is 1. The van der Waals surface area contributed by atoms with Crippen LogP contribution < -0.4 is 5.56 Å². The SMILES string of the molecule is C[C@@H](CC1CCC1=CC1CCCCCCC1)n1c(=O)c(Cl)nc2ccccc21. The van der Waals surface area contributed by atoms with Crippen molar-refractivity contribution in [3.63, 3.8) is 0 Å². The molecule has 2 atom stereocenters. The number of allylic oxidation sites excluding steroid dienone is 2. The topological polar surface area (TPSA) is 34.9 Å². The second-order valence-electron chi connectivity index (χ2n) is 8.73. The molecule has 0 saturated heterocycles. The van der Waals surface area contributed by atoms with Gasteiger partial charge in [0.05, 0.1) is 11.0 Å². The third kappa shape index (κ3) is 4.20. The quantitative estimate of drug-likeness (QED) is 0.537. The predicted octanol–water partition coefficient (Wildman–Crippen LogP) is 6.70. The first-order valence-corrected chi connectivity index (χ1v) is 11.4. The van der Waals surface area contributed by atoms with E-state index in [4.69, 9.17) is 11.6 Å². The summed E-state index contributed by atoms with van der Waals surface area (Å²) in [7, 11) is 0. The highest BCUT2D eigenvalue weighted by Gasteiger charge is 2.28. The van der Waals surface area contributed by atoms with E-state index in [2.05, 4.69) is 18.0 Å². The third-order valence-corrected chi connectivity index (χ3v) is 6.97. The lowest BCUT2D eigenvalue weighted by Crippen LogP contribution is -2.28. The minimum absolute atomic E-state index is 0.0736. The van der Waals surface area contributed by atoms with Crippen LogP contribution in [-0.2, 0) is 0 Å². The average Bonchev–Trinajstić information content (AvgIpc) is 2.65. The van der Waals surface area contributed by atoms with Gasteiger partial charge in [-0.1, -0.05) is 67.5 Å². The number of fused-ring (bicyclic) bond motifs is 1. The first-order chi connectivity index (χ1) is 13.6. The van der Waals surface area contributed by atoms with Gasteiger partial charge in [0, 0.05) is 6.04 Å². The number of halogens is 1. The highest BCUT2D eigenvalue weighted by atomic mass is 35.5. The zero-order valence-electron chi connectivity index (χ0n) is 16.9. The summed E-state index contributed by atoms with van der Waals surface area (Å²) in [5.74, 6) is 1.38. The van der Waals surface area contributed by atoms with E-state index in [1.54, 1.807) is 5.57 Å². The first kappa shape index (κ1) is 19.7. The van der Waals surface area contributed by atoms with Crippen molar-refractivity contribution in [1.29, 1.82) is 0 Å². The van der Waals surface area contributed by atoms with Crippen LogP contribution >= 0.6 is 11.6 Å². The van der Waals surface area contributed by atoms with Crippen molar-refractivity contribution in [3.8, 4) is 0 Å². The van der Waals surface area contributed by atoms with Gasteiger partial charge >= 0.3 is 0 Å². The van der Waals surface area contributed by atoms with Gasteiger partial charge in [0.1, 0.15) is 0 Å². The van der Waals surface area contributed by atoms with E-state index >= 15 is 0 Å². The number of para-hydroxylation sites is 2. The summed E-state index contributed by atoms with van der Waals surface area (Å²) in [5.41, 5.74) is 3.14. The molecular formula is C24H31ClN2O. The molecule has 2 saturated carbocycles. The molecule has 3 nitrogen and oxygen atoms in total. The Balaban J connectivity index is 1.52. The summed E-state index contributed by atoms with van der Waals surface area (Å²) in [5, 5.41) is 0.0736. The Morgan fingerprint density at radius 1 is 1.14 bits per heavy atom. The Kier molecular flexibility index (Phi) is 6.20. The molecule has 2 fully saturated rings. The van der Waals surface area contributed by atoms with E-state index in [0.29, 0.717) is 5.92 Å². The molecule has 1 unspecified atom stereocenters. The number of nitrogens with zero attached hydrogens (tertiary/aromatic N) is 2. The Morgan fingerprint density at radius 3 is 2.57 bits per heavy atom. The number of hydrogen-bond acceptors (Lipinski definition) is 2. The lowest BCUT2D eigenvalue weighted by molar-refractivity contribution is 0.337. The molecular weight excluding hydrogens is 368 g/mol. The largest absolute Gasteiger partial charge is 0.301 e. The van der Waals surface area contributed by atoms with Gasteiger partial charge in [-0.3, -0.25) is 4.79 Å². The number of aromatic nitrogens is 2. The molecule has 0 aliphatic heterocycles. The van der Waals surface area contributed by atoms with Crippen LogP contribution in [0.4, 0.5) is 0 Å². The standard InChI is InChI=1S/C24H31ClN2O/c1-17(27-22-12-8-7-11-21(22)26-23(25)24(27)28)15-19-13-14-20(19)16-18-9-5-3-2-4-6-10-18/h7-8,11-12,16-19H,2-6,9-10,13-15H2,1H3/t17-,19?/m0/s1. The van der Waals surface area contributed by atoms with E-state index in [1.165, 1.54) is 57.8 Å². The summed E-state index contributed by atoms with van der Waals surface area (Å²) in [6.07, 6.45) is 15.8. The zero-order valence-corrected chi connectivity index (χ0v) is 17.6. The molecule has 0 spiro atoms. The van der Waals surface area contributed by atoms with Gasteiger partial charge in [-0.05, 0) is 63.0 Å². The van der Waals surface area contributed by atoms with Gasteiger partial charge in [0.25, 0.3) is 5.56 Å². The molecule has 2 aliphatic rings. The Morgan fingerprint density at radius 2 is 1.86 bits per heavy atom. The molecule has 0 radical (unpaired) electrons. The van der Waals surface area contributed by atoms with Crippen molar-refractivity contribution >= 4 is 22.6 Å². The van der Waals surface area contributed by atoms with E-state index in [1.807, 2.05) is 28.8 Å². The molecule has 2 aliphatic carbocycles. The zero-order chi connectivity index (χ0) is 19.5. The Hall–Kier alpha value is -1.61. The fourth-order valence-corrected chi connectivity index (χ4v) is 5.22. The van der Waals surface area contributed by atoms with Crippen molar-refractivity contribution in [3.05, 3.63) is 51.4 Å². The van der Waals surface area contributed by atoms with Gasteiger partial charge < -0.3 is 4.57 Å². The lowest BCUT2D eigenvalue weighted by atomic mass is 9.73. The molecule has 0 N–H and O–H groups in total. The van der Waals surface area contributed by atoms with Crippen LogP contribution in [0.15, 0.2) is 40.7 Å². The van der Waals surface area contributed by atoms with Crippen LogP contribution in [0.1, 0.15) is 77.2 Å². The maximum absolute atomic E-state index is 12.7. The van der Waals surface area contributed by atoms with E-state index < -0.39 is 0 Å². The third-order valence-electron chi connectivity index (χ3n) is 6.73. The fourth-order valence-electron chi connectivity index (χ4n) is 5.04. The van der Waals surface area contributed by atoms with Crippen molar-refractivity contribution < 1.29 is 0 Å². The normalized spacial score (nSPS) is 23.9. The monoisotopic (exact) mass is 398 g/mol. The van der Waals surface area contributed by atoms with Gasteiger partial charge in [-0.15, -0.1) is 0 Å². The maximum Gasteiger partial charge on any atom is 0.288 e. The van der Waals surface area contributed by atoms with Gasteiger partial charge in [0.2, 0.25) is 0 Å². The Labute approximate surface area is 172 Å². The van der Waals surface area contributed by atoms with Gasteiger partial charge in [0.15, 0.2) is 5.15 Å². The van der Waals surface area contributed by atoms with Crippen LogP contribution in [0.25, 0.3) is 11.0 Å². The Bertz CT molecular complexity index is 908. The summed E-state index contributed by atoms with van der Waals surface area (Å²) < 4.78 is 1.86. The summed E-state index contributed by atoms with van der Waals surface area (Å²) in [6.45, 7) is 2.15. The smallest absolute Gasteiger partial charge is 0.288 e. The summed E-state index contributed by atoms with van der Waals surface area (Å²) >= 11 is 6.15. The fraction of sp³-hybridized carbons (Fsp3) is 0.583. The molecule has 4 heteroatoms. The highest BCUT2D eigenvalue weighted by Crippen LogP contribution is 2.41. The lowest BCUT2D eigenvalue weighted by Gasteiger charge is -2.34. The van der Waals surface area contributed by atoms with Crippen LogP contribution in [0, 0.1) is 11.8 Å². The summed E-state index contributed by atoms with van der Waals surface area (Å²) in [6, 6.07) is 7.91. The van der Waals surface area contributed by atoms with E-state index in [-0.39, 0.29) is 16.8 Å². The van der Waals surface area contributed by atoms with Crippen LogP contribution in [0.3, 0.4) is 0 Å². The molecule has 0 bridgehead atoms. The van der Waals surface area contributed by atoms with Crippen LogP contribution in [0.2, 0.25) is 5.15 Å². The molecule has 150 valence electrons. The van der Waals surface area contributed by atoms with Crippen molar-refractivity contribution in [1.82, 2.24) is 9.55 Å². The minimum atomic E-state index is -0.169. The van der Waals surface area contributed by atoms with Gasteiger partial charge in [-0.2, -0.15) is 0 Å². The van der Waals surface area contributed by atoms with E-state index in [9.17, 15) is 4.79 Å². The van der Waals surface area contributed by atoms with Crippen molar-refractivity contribution in [2.75, 3.05) is 0 Å². The number of rotatable bonds is 4. The molecule has 0 amide bonds. The van der Waals surface area contributed by atoms with Gasteiger partial charge in [-0.25, -0.2) is 4.98 Å². The van der Waals surface area contributed by atoms with Crippen molar-refractivity contribution in [2.45, 2.75) is 77.2 Å². The highest BCUT2D eigenvalue weighted by molar-refractivity contribution is 6.29. The van der Waals surface area contributed by atoms with Crippen LogP contribution in [0.5, 0.6) is 0 Å². The number of hydrogen-bond donors (Lipinski definition) is 0. The average molecular weight is 399 g/mol. The van der Waals surface area contributed by atoms with Crippen molar-refractivity contribution in [2.24, 2.45) is 11.8 Å². The molecule has 4 rings (SSSR count). The second-order valence-corrected chi connectivity index (χ2v) is 9.09. The molecule has 2 aromatic rings. The predicted molar refractivity (Wildman–Crippen MR) is 117 cm³/mol. The summed E-state index contributed by atoms with van der Waals surface area (Å²) in [4.78, 5) is 17.0. The molecule has 28 heavy (non-hydrogen) atoms. The first-order valence-electron chi connectivity index (χ1n) is 11.0. The maximum atomic E-state index is 12.7. The minimum Gasteiger partial charge on any atom is -0.301 e. The van der Waals surface area contributed by atoms with Crippen LogP contribution in [-0.4, -0.2) is 9.55 Å². The molecule has 1 aromatic carbocycles. The van der Waals surface area contributed by atoms with E-state index in [0.717, 1.165) is 23.4 Å².